The molecule has 3 heterocycles. The number of nitrogens with one attached hydrogen (secondary N) is 1. The van der Waals surface area contributed by atoms with Crippen molar-refractivity contribution in [3.8, 4) is 0 Å². The molecule has 6 nitrogen and oxygen atoms in total. The second-order valence-corrected chi connectivity index (χ2v) is 8.84. The molecular weight excluding hydrogens is 407 g/mol. The van der Waals surface area contributed by atoms with E-state index in [0.717, 1.165) is 36.7 Å². The van der Waals surface area contributed by atoms with Crippen molar-refractivity contribution < 1.29 is 13.9 Å². The first kappa shape index (κ1) is 21.1. The Hall–Kier alpha value is -2.77. The lowest BCUT2D eigenvalue weighted by Gasteiger charge is -2.48. The molecule has 32 heavy (non-hydrogen) atoms. The number of aryl methyl sites for hydroxylation is 1. The first-order chi connectivity index (χ1) is 15.6. The Morgan fingerprint density at radius 2 is 1.84 bits per heavy atom. The number of carbonyl (C=O) groups is 1. The molecule has 0 spiro atoms. The van der Waals surface area contributed by atoms with E-state index in [-0.39, 0.29) is 29.8 Å². The van der Waals surface area contributed by atoms with Gasteiger partial charge in [-0.05, 0) is 31.4 Å². The number of fused-ring (bicyclic) bond motifs is 3. The summed E-state index contributed by atoms with van der Waals surface area (Å²) in [5, 5.41) is 8.75. The fraction of sp³-hybridized carbons (Fsp3) is 0.440. The van der Waals surface area contributed by atoms with Crippen molar-refractivity contribution in [1.29, 1.82) is 0 Å². The minimum atomic E-state index is -0.170. The molecule has 2 aliphatic heterocycles. The summed E-state index contributed by atoms with van der Waals surface area (Å²) in [6, 6.07) is 15.2. The molecule has 0 aliphatic carbocycles. The summed E-state index contributed by atoms with van der Waals surface area (Å²) in [6.45, 7) is 4.66. The number of morpholine rings is 1. The van der Waals surface area contributed by atoms with Crippen LogP contribution < -0.4 is 5.32 Å². The molecule has 2 aliphatic rings. The number of halogens is 1. The third kappa shape index (κ3) is 4.02. The molecular formula is C25H29FN4O2. The van der Waals surface area contributed by atoms with E-state index in [9.17, 15) is 9.18 Å². The average molecular weight is 437 g/mol. The van der Waals surface area contributed by atoms with Gasteiger partial charge in [0.2, 0.25) is 0 Å². The SMILES string of the molecule is CCCn1nc(C(=O)N[C@H]2C[C@H]3COC[C@@H](C2)N3Cc2ccccc2F)c2ccccc21. The maximum absolute atomic E-state index is 14.2. The zero-order chi connectivity index (χ0) is 22.1. The number of amides is 1. The van der Waals surface area contributed by atoms with Crippen molar-refractivity contribution in [3.05, 3.63) is 65.6 Å². The second kappa shape index (κ2) is 9.00. The van der Waals surface area contributed by atoms with Gasteiger partial charge in [-0.1, -0.05) is 43.3 Å². The third-order valence-corrected chi connectivity index (χ3v) is 6.63. The van der Waals surface area contributed by atoms with Crippen molar-refractivity contribution >= 4 is 16.8 Å². The van der Waals surface area contributed by atoms with Crippen LogP contribution >= 0.6 is 0 Å². The monoisotopic (exact) mass is 436 g/mol. The van der Waals surface area contributed by atoms with E-state index in [1.165, 1.54) is 6.07 Å². The molecule has 2 saturated heterocycles. The van der Waals surface area contributed by atoms with Crippen LogP contribution in [-0.4, -0.2) is 51.9 Å². The number of ether oxygens (including phenoxy) is 1. The highest BCUT2D eigenvalue weighted by molar-refractivity contribution is 6.05. The van der Waals surface area contributed by atoms with Crippen LogP contribution in [0.2, 0.25) is 0 Å². The van der Waals surface area contributed by atoms with Crippen molar-refractivity contribution in [1.82, 2.24) is 20.0 Å². The summed E-state index contributed by atoms with van der Waals surface area (Å²) >= 11 is 0. The van der Waals surface area contributed by atoms with Gasteiger partial charge in [0.25, 0.3) is 5.91 Å². The fourth-order valence-electron chi connectivity index (χ4n) is 5.12. The van der Waals surface area contributed by atoms with E-state index in [1.54, 1.807) is 6.07 Å². The summed E-state index contributed by atoms with van der Waals surface area (Å²) in [7, 11) is 0. The Balaban J connectivity index is 1.31. The Labute approximate surface area is 187 Å². The van der Waals surface area contributed by atoms with Gasteiger partial charge < -0.3 is 10.1 Å². The zero-order valence-corrected chi connectivity index (χ0v) is 18.3. The number of nitrogens with zero attached hydrogens (tertiary/aromatic N) is 3. The minimum Gasteiger partial charge on any atom is -0.378 e. The molecule has 3 aromatic rings. The molecule has 7 heteroatoms. The van der Waals surface area contributed by atoms with Gasteiger partial charge in [-0.15, -0.1) is 0 Å². The third-order valence-electron chi connectivity index (χ3n) is 6.63. The second-order valence-electron chi connectivity index (χ2n) is 8.84. The van der Waals surface area contributed by atoms with Gasteiger partial charge in [-0.2, -0.15) is 5.10 Å². The van der Waals surface area contributed by atoms with Gasteiger partial charge in [-0.25, -0.2) is 4.39 Å². The molecule has 2 bridgehead atoms. The van der Waals surface area contributed by atoms with Gasteiger partial charge >= 0.3 is 0 Å². The predicted octanol–water partition coefficient (Wildman–Crippen LogP) is 3.75. The first-order valence-corrected chi connectivity index (χ1v) is 11.5. The predicted molar refractivity (Wildman–Crippen MR) is 121 cm³/mol. The molecule has 0 radical (unpaired) electrons. The Morgan fingerprint density at radius 1 is 1.12 bits per heavy atom. The maximum atomic E-state index is 14.2. The van der Waals surface area contributed by atoms with Gasteiger partial charge in [0.05, 0.1) is 18.7 Å². The van der Waals surface area contributed by atoms with Crippen LogP contribution in [0.3, 0.4) is 0 Å². The highest BCUT2D eigenvalue weighted by Gasteiger charge is 2.40. The highest BCUT2D eigenvalue weighted by atomic mass is 19.1. The minimum absolute atomic E-state index is 0.0494. The molecule has 1 aromatic heterocycles. The number of para-hydroxylation sites is 1. The number of aromatic nitrogens is 2. The van der Waals surface area contributed by atoms with Gasteiger partial charge in [-0.3, -0.25) is 14.4 Å². The van der Waals surface area contributed by atoms with Crippen LogP contribution in [0.15, 0.2) is 48.5 Å². The number of carbonyl (C=O) groups excluding carboxylic acids is 1. The molecule has 3 atom stereocenters. The number of benzene rings is 2. The van der Waals surface area contributed by atoms with E-state index in [2.05, 4.69) is 22.2 Å². The number of piperidine rings is 1. The molecule has 1 N–H and O–H groups in total. The summed E-state index contributed by atoms with van der Waals surface area (Å²) in [6.07, 6.45) is 2.52. The van der Waals surface area contributed by atoms with Crippen LogP contribution in [0.4, 0.5) is 4.39 Å². The standard InChI is InChI=1S/C25H29FN4O2/c1-2-11-30-23-10-6-4-8-21(23)24(28-30)25(31)27-18-12-19-15-32-16-20(13-18)29(19)14-17-7-3-5-9-22(17)26/h3-10,18-20H,2,11-16H2,1H3,(H,27,31)/t18-,19-,20+. The molecule has 2 fully saturated rings. The maximum Gasteiger partial charge on any atom is 0.272 e. The smallest absolute Gasteiger partial charge is 0.272 e. The van der Waals surface area contributed by atoms with E-state index < -0.39 is 0 Å². The summed E-state index contributed by atoms with van der Waals surface area (Å²) in [5.41, 5.74) is 2.19. The Kier molecular flexibility index (Phi) is 5.93. The zero-order valence-electron chi connectivity index (χ0n) is 18.3. The van der Waals surface area contributed by atoms with Crippen LogP contribution in [-0.2, 0) is 17.8 Å². The van der Waals surface area contributed by atoms with E-state index in [0.29, 0.717) is 31.0 Å². The van der Waals surface area contributed by atoms with Crippen LogP contribution in [0.5, 0.6) is 0 Å². The molecule has 2 aromatic carbocycles. The molecule has 1 amide bonds. The van der Waals surface area contributed by atoms with E-state index >= 15 is 0 Å². The Bertz CT molecular complexity index is 1100. The average Bonchev–Trinajstić information content (AvgIpc) is 3.15. The van der Waals surface area contributed by atoms with Crippen LogP contribution in [0.25, 0.3) is 10.9 Å². The quantitative estimate of drug-likeness (QED) is 0.640. The fourth-order valence-corrected chi connectivity index (χ4v) is 5.12. The van der Waals surface area contributed by atoms with E-state index in [4.69, 9.17) is 4.74 Å². The van der Waals surface area contributed by atoms with Gasteiger partial charge in [0.1, 0.15) is 5.82 Å². The van der Waals surface area contributed by atoms with Crippen LogP contribution in [0.1, 0.15) is 42.2 Å². The summed E-state index contributed by atoms with van der Waals surface area (Å²) in [5.74, 6) is -0.293. The molecule has 0 unspecified atom stereocenters. The molecule has 168 valence electrons. The number of rotatable bonds is 6. The van der Waals surface area contributed by atoms with Crippen molar-refractivity contribution in [2.75, 3.05) is 13.2 Å². The highest BCUT2D eigenvalue weighted by Crippen LogP contribution is 2.30. The summed E-state index contributed by atoms with van der Waals surface area (Å²) in [4.78, 5) is 15.5. The van der Waals surface area contributed by atoms with Gasteiger partial charge in [0.15, 0.2) is 5.69 Å². The van der Waals surface area contributed by atoms with Crippen molar-refractivity contribution in [2.45, 2.75) is 57.4 Å². The normalized spacial score (nSPS) is 23.4. The summed E-state index contributed by atoms with van der Waals surface area (Å²) < 4.78 is 21.9. The van der Waals surface area contributed by atoms with Gasteiger partial charge in [0, 0.05) is 42.2 Å². The Morgan fingerprint density at radius 3 is 2.59 bits per heavy atom. The lowest BCUT2D eigenvalue weighted by Crippen LogP contribution is -2.60. The van der Waals surface area contributed by atoms with E-state index in [1.807, 2.05) is 41.1 Å². The topological polar surface area (TPSA) is 59.4 Å². The number of hydrogen-bond donors (Lipinski definition) is 1. The lowest BCUT2D eigenvalue weighted by atomic mass is 9.89. The molecule has 5 rings (SSSR count). The van der Waals surface area contributed by atoms with Crippen molar-refractivity contribution in [3.63, 3.8) is 0 Å². The largest absolute Gasteiger partial charge is 0.378 e. The number of hydrogen-bond acceptors (Lipinski definition) is 4. The first-order valence-electron chi connectivity index (χ1n) is 11.5. The molecule has 0 saturated carbocycles. The van der Waals surface area contributed by atoms with Crippen molar-refractivity contribution in [2.24, 2.45) is 0 Å². The van der Waals surface area contributed by atoms with Crippen LogP contribution in [0, 0.1) is 5.82 Å². The lowest BCUT2D eigenvalue weighted by molar-refractivity contribution is -0.0846.